The average Bonchev–Trinajstić information content (AvgIpc) is 2.59. The molecular formula is C19H29BrN4. The van der Waals surface area contributed by atoms with Gasteiger partial charge in [0.1, 0.15) is 0 Å². The van der Waals surface area contributed by atoms with Crippen molar-refractivity contribution in [3.8, 4) is 0 Å². The molecule has 24 heavy (non-hydrogen) atoms. The summed E-state index contributed by atoms with van der Waals surface area (Å²) in [4.78, 5) is 2.06. The van der Waals surface area contributed by atoms with Crippen LogP contribution in [0.5, 0.6) is 0 Å². The van der Waals surface area contributed by atoms with Crippen LogP contribution in [-0.4, -0.2) is 32.5 Å². The molecule has 0 unspecified atom stereocenters. The summed E-state index contributed by atoms with van der Waals surface area (Å²) in [6, 6.07) is 8.03. The van der Waals surface area contributed by atoms with Gasteiger partial charge in [0.15, 0.2) is 0 Å². The summed E-state index contributed by atoms with van der Waals surface area (Å²) < 4.78 is 0. The second-order valence-electron chi connectivity index (χ2n) is 5.68. The van der Waals surface area contributed by atoms with Crippen molar-refractivity contribution >= 4 is 27.3 Å². The van der Waals surface area contributed by atoms with E-state index in [0.717, 1.165) is 23.2 Å². The van der Waals surface area contributed by atoms with Crippen molar-refractivity contribution in [3.05, 3.63) is 48.7 Å². The molecule has 1 rings (SSSR count). The highest BCUT2D eigenvalue weighted by molar-refractivity contribution is 9.09. The van der Waals surface area contributed by atoms with Crippen LogP contribution in [0.25, 0.3) is 0 Å². The van der Waals surface area contributed by atoms with E-state index in [1.807, 2.05) is 62.8 Å². The van der Waals surface area contributed by atoms with Crippen LogP contribution in [0.3, 0.4) is 0 Å². The molecule has 0 amide bonds. The first-order chi connectivity index (χ1) is 11.7. The van der Waals surface area contributed by atoms with Crippen LogP contribution < -0.4 is 10.2 Å². The lowest BCUT2D eigenvalue weighted by Gasteiger charge is -2.11. The van der Waals surface area contributed by atoms with Crippen LogP contribution in [-0.2, 0) is 0 Å². The minimum Gasteiger partial charge on any atom is -0.391 e. The maximum absolute atomic E-state index is 4.20. The summed E-state index contributed by atoms with van der Waals surface area (Å²) in [6.45, 7) is 1.63. The highest BCUT2D eigenvalue weighted by atomic mass is 79.9. The predicted octanol–water partition coefficient (Wildman–Crippen LogP) is 5.45. The molecule has 1 aromatic rings. The Kier molecular flexibility index (Phi) is 11.7. The molecule has 0 spiro atoms. The number of rotatable bonds is 12. The van der Waals surface area contributed by atoms with E-state index < -0.39 is 0 Å². The van der Waals surface area contributed by atoms with Gasteiger partial charge in [-0.3, -0.25) is 0 Å². The number of alkyl halides is 1. The summed E-state index contributed by atoms with van der Waals surface area (Å²) in [7, 11) is 4.04. The molecule has 0 aliphatic carbocycles. The Balaban J connectivity index is 2.11. The highest BCUT2D eigenvalue weighted by Gasteiger charge is 1.94. The maximum atomic E-state index is 4.20. The smallest absolute Gasteiger partial charge is 0.0854 e. The van der Waals surface area contributed by atoms with Crippen molar-refractivity contribution < 1.29 is 0 Å². The molecule has 0 aliphatic heterocycles. The molecule has 0 saturated carbocycles. The monoisotopic (exact) mass is 392 g/mol. The Labute approximate surface area is 154 Å². The summed E-state index contributed by atoms with van der Waals surface area (Å²) >= 11 is 3.45. The summed E-state index contributed by atoms with van der Waals surface area (Å²) in [5.41, 5.74) is 2.04. The minimum atomic E-state index is 0.590. The molecule has 132 valence electrons. The number of azo groups is 1. The van der Waals surface area contributed by atoms with E-state index >= 15 is 0 Å². The van der Waals surface area contributed by atoms with Gasteiger partial charge in [-0.25, -0.2) is 0 Å². The third-order valence-corrected chi connectivity index (χ3v) is 3.97. The molecule has 4 nitrogen and oxygen atoms in total. The Morgan fingerprint density at radius 2 is 1.79 bits per heavy atom. The molecule has 0 radical (unpaired) electrons. The van der Waals surface area contributed by atoms with Crippen LogP contribution in [0, 0.1) is 0 Å². The fourth-order valence-electron chi connectivity index (χ4n) is 2.01. The Bertz CT molecular complexity index is 507. The first-order valence-corrected chi connectivity index (χ1v) is 9.62. The molecule has 1 N–H and O–H groups in total. The van der Waals surface area contributed by atoms with Crippen molar-refractivity contribution in [2.45, 2.75) is 25.7 Å². The molecule has 0 atom stereocenters. The lowest BCUT2D eigenvalue weighted by Crippen LogP contribution is -2.07. The molecule has 0 aliphatic rings. The predicted molar refractivity (Wildman–Crippen MR) is 109 cm³/mol. The topological polar surface area (TPSA) is 40.0 Å². The van der Waals surface area contributed by atoms with Crippen LogP contribution in [0.4, 0.5) is 11.4 Å². The van der Waals surface area contributed by atoms with Gasteiger partial charge in [-0.2, -0.15) is 10.2 Å². The van der Waals surface area contributed by atoms with Gasteiger partial charge in [-0.15, -0.1) is 0 Å². The van der Waals surface area contributed by atoms with Gasteiger partial charge in [0.25, 0.3) is 0 Å². The molecule has 0 heterocycles. The standard InChI is InChI=1S/C19H29BrN4/c1-24(2)19-12-10-18(11-13-19)23-22-17-9-5-8-16-21-15-7-4-3-6-14-20/h5,8-13,16,21H,3-4,6-7,14-15,17H2,1-2H3/b9-5-,16-8-,23-22?. The molecule has 0 bridgehead atoms. The van der Waals surface area contributed by atoms with Gasteiger partial charge in [0.05, 0.1) is 12.2 Å². The van der Waals surface area contributed by atoms with Crippen molar-refractivity contribution in [3.63, 3.8) is 0 Å². The van der Waals surface area contributed by atoms with Gasteiger partial charge >= 0.3 is 0 Å². The lowest BCUT2D eigenvalue weighted by molar-refractivity contribution is 0.649. The average molecular weight is 393 g/mol. The number of benzene rings is 1. The zero-order valence-electron chi connectivity index (χ0n) is 14.8. The lowest BCUT2D eigenvalue weighted by atomic mass is 10.2. The zero-order chi connectivity index (χ0) is 17.5. The van der Waals surface area contributed by atoms with E-state index in [0.29, 0.717) is 6.54 Å². The molecule has 5 heteroatoms. The number of hydrogen-bond donors (Lipinski definition) is 1. The van der Waals surface area contributed by atoms with Crippen molar-refractivity contribution in [2.24, 2.45) is 10.2 Å². The van der Waals surface area contributed by atoms with E-state index in [1.54, 1.807) is 0 Å². The summed E-state index contributed by atoms with van der Waals surface area (Å²) in [6.07, 6.45) is 13.1. The second-order valence-corrected chi connectivity index (χ2v) is 6.47. The first-order valence-electron chi connectivity index (χ1n) is 8.50. The fraction of sp³-hybridized carbons (Fsp3) is 0.474. The zero-order valence-corrected chi connectivity index (χ0v) is 16.4. The van der Waals surface area contributed by atoms with Crippen LogP contribution in [0.15, 0.2) is 58.9 Å². The third kappa shape index (κ3) is 10.2. The molecular weight excluding hydrogens is 364 g/mol. The van der Waals surface area contributed by atoms with Gasteiger partial charge < -0.3 is 10.2 Å². The first kappa shape index (κ1) is 20.4. The van der Waals surface area contributed by atoms with Gasteiger partial charge in [0.2, 0.25) is 0 Å². The number of halogens is 1. The van der Waals surface area contributed by atoms with Crippen molar-refractivity contribution in [1.29, 1.82) is 0 Å². The summed E-state index contributed by atoms with van der Waals surface area (Å²) in [5, 5.41) is 12.8. The molecule has 0 saturated heterocycles. The number of allylic oxidation sites excluding steroid dienone is 2. The van der Waals surface area contributed by atoms with E-state index in [1.165, 1.54) is 25.7 Å². The Hall–Kier alpha value is -1.62. The summed E-state index contributed by atoms with van der Waals surface area (Å²) in [5.74, 6) is 0. The number of hydrogen-bond acceptors (Lipinski definition) is 4. The van der Waals surface area contributed by atoms with Crippen molar-refractivity contribution in [2.75, 3.05) is 37.4 Å². The number of nitrogens with zero attached hydrogens (tertiary/aromatic N) is 3. The molecule has 0 aromatic heterocycles. The number of unbranched alkanes of at least 4 members (excludes halogenated alkanes) is 3. The molecule has 0 fully saturated rings. The van der Waals surface area contributed by atoms with E-state index in [2.05, 4.69) is 36.4 Å². The fourth-order valence-corrected chi connectivity index (χ4v) is 2.41. The van der Waals surface area contributed by atoms with Crippen LogP contribution in [0.2, 0.25) is 0 Å². The maximum Gasteiger partial charge on any atom is 0.0854 e. The Morgan fingerprint density at radius 1 is 1.04 bits per heavy atom. The normalized spacial score (nSPS) is 11.8. The number of anilines is 1. The van der Waals surface area contributed by atoms with Gasteiger partial charge in [-0.1, -0.05) is 40.9 Å². The van der Waals surface area contributed by atoms with Gasteiger partial charge in [0, 0.05) is 31.7 Å². The van der Waals surface area contributed by atoms with Gasteiger partial charge in [-0.05, 0) is 49.4 Å². The molecule has 1 aromatic carbocycles. The number of nitrogens with one attached hydrogen (secondary N) is 1. The van der Waals surface area contributed by atoms with Crippen molar-refractivity contribution in [1.82, 2.24) is 5.32 Å². The quantitative estimate of drug-likeness (QED) is 0.222. The second kappa shape index (κ2) is 13.8. The highest BCUT2D eigenvalue weighted by Crippen LogP contribution is 2.18. The van der Waals surface area contributed by atoms with Crippen LogP contribution >= 0.6 is 15.9 Å². The third-order valence-electron chi connectivity index (χ3n) is 3.41. The largest absolute Gasteiger partial charge is 0.391 e. The van der Waals surface area contributed by atoms with E-state index in [9.17, 15) is 0 Å². The van der Waals surface area contributed by atoms with Crippen LogP contribution in [0.1, 0.15) is 25.7 Å². The SMILES string of the molecule is CN(C)c1ccc(N=NC/C=C\C=C/NCCCCCCBr)cc1. The minimum absolute atomic E-state index is 0.590. The van der Waals surface area contributed by atoms with E-state index in [4.69, 9.17) is 0 Å². The Morgan fingerprint density at radius 3 is 2.50 bits per heavy atom. The van der Waals surface area contributed by atoms with E-state index in [-0.39, 0.29) is 0 Å².